The Morgan fingerprint density at radius 1 is 1.43 bits per heavy atom. The van der Waals surface area contributed by atoms with Gasteiger partial charge in [0.15, 0.2) is 9.84 Å². The third-order valence-corrected chi connectivity index (χ3v) is 8.16. The molecular formula is C12H15BrClNO4S2. The molecule has 0 aromatic heterocycles. The predicted molar refractivity (Wildman–Crippen MR) is 85.8 cm³/mol. The van der Waals surface area contributed by atoms with Crippen molar-refractivity contribution in [3.05, 3.63) is 27.7 Å². The van der Waals surface area contributed by atoms with Crippen LogP contribution in [-0.2, 0) is 19.9 Å². The van der Waals surface area contributed by atoms with Gasteiger partial charge in [-0.15, -0.1) is 0 Å². The van der Waals surface area contributed by atoms with Crippen molar-refractivity contribution < 1.29 is 16.8 Å². The number of rotatable bonds is 4. The molecule has 1 aromatic rings. The third kappa shape index (κ3) is 3.61. The average molecular weight is 417 g/mol. The molecule has 118 valence electrons. The van der Waals surface area contributed by atoms with E-state index in [1.165, 1.54) is 16.4 Å². The Bertz CT molecular complexity index is 749. The molecule has 0 saturated carbocycles. The SMILES string of the molecule is CCN(C1CCS(=O)(=O)C1)S(=O)(=O)c1ccc(Br)cc1Cl. The molecule has 2 rings (SSSR count). The zero-order valence-electron chi connectivity index (χ0n) is 11.3. The van der Waals surface area contributed by atoms with Crippen molar-refractivity contribution in [2.24, 2.45) is 0 Å². The average Bonchev–Trinajstić information content (AvgIpc) is 2.69. The van der Waals surface area contributed by atoms with Gasteiger partial charge in [0.05, 0.1) is 16.5 Å². The molecule has 5 nitrogen and oxygen atoms in total. The second-order valence-corrected chi connectivity index (χ2v) is 10.3. The van der Waals surface area contributed by atoms with Crippen molar-refractivity contribution in [1.29, 1.82) is 0 Å². The highest BCUT2D eigenvalue weighted by Crippen LogP contribution is 2.30. The highest BCUT2D eigenvalue weighted by Gasteiger charge is 2.38. The largest absolute Gasteiger partial charge is 0.244 e. The Balaban J connectivity index is 2.41. The fourth-order valence-corrected chi connectivity index (χ4v) is 6.94. The first-order chi connectivity index (χ1) is 9.67. The predicted octanol–water partition coefficient (Wildman–Crippen LogP) is 2.30. The van der Waals surface area contributed by atoms with E-state index in [1.807, 2.05) is 0 Å². The molecule has 0 spiro atoms. The number of benzene rings is 1. The zero-order valence-corrected chi connectivity index (χ0v) is 15.3. The van der Waals surface area contributed by atoms with E-state index in [2.05, 4.69) is 15.9 Å². The summed E-state index contributed by atoms with van der Waals surface area (Å²) in [7, 11) is -6.97. The molecule has 0 aliphatic carbocycles. The van der Waals surface area contributed by atoms with Gasteiger partial charge in [-0.25, -0.2) is 16.8 Å². The molecule has 0 bridgehead atoms. The van der Waals surface area contributed by atoms with Crippen LogP contribution in [0.3, 0.4) is 0 Å². The zero-order chi connectivity index (χ0) is 15.8. The summed E-state index contributed by atoms with van der Waals surface area (Å²) in [5.74, 6) is -0.105. The second kappa shape index (κ2) is 6.16. The van der Waals surface area contributed by atoms with E-state index < -0.39 is 25.9 Å². The molecule has 1 atom stereocenters. The lowest BCUT2D eigenvalue weighted by atomic mass is 10.3. The Morgan fingerprint density at radius 2 is 2.10 bits per heavy atom. The van der Waals surface area contributed by atoms with Crippen LogP contribution in [0.1, 0.15) is 13.3 Å². The maximum atomic E-state index is 12.7. The minimum atomic E-state index is -3.82. The number of hydrogen-bond donors (Lipinski definition) is 0. The van der Waals surface area contributed by atoms with Crippen molar-refractivity contribution in [1.82, 2.24) is 4.31 Å². The first-order valence-electron chi connectivity index (χ1n) is 6.34. The molecule has 21 heavy (non-hydrogen) atoms. The van der Waals surface area contributed by atoms with Gasteiger partial charge in [-0.05, 0) is 24.6 Å². The molecule has 1 saturated heterocycles. The highest BCUT2D eigenvalue weighted by atomic mass is 79.9. The monoisotopic (exact) mass is 415 g/mol. The molecule has 0 N–H and O–H groups in total. The summed E-state index contributed by atoms with van der Waals surface area (Å²) in [6.07, 6.45) is 0.323. The van der Waals surface area contributed by atoms with Gasteiger partial charge in [-0.1, -0.05) is 34.5 Å². The Morgan fingerprint density at radius 3 is 2.57 bits per heavy atom. The first-order valence-corrected chi connectivity index (χ1v) is 10.8. The minimum Gasteiger partial charge on any atom is -0.229 e. The van der Waals surface area contributed by atoms with E-state index in [0.29, 0.717) is 10.9 Å². The molecule has 1 heterocycles. The van der Waals surface area contributed by atoms with Gasteiger partial charge in [-0.2, -0.15) is 4.31 Å². The molecule has 0 amide bonds. The van der Waals surface area contributed by atoms with Crippen LogP contribution in [0.15, 0.2) is 27.6 Å². The molecule has 1 fully saturated rings. The summed E-state index contributed by atoms with van der Waals surface area (Å²) in [5, 5.41) is 0.115. The van der Waals surface area contributed by atoms with E-state index in [9.17, 15) is 16.8 Å². The van der Waals surface area contributed by atoms with E-state index in [1.54, 1.807) is 13.0 Å². The van der Waals surface area contributed by atoms with Crippen molar-refractivity contribution in [2.75, 3.05) is 18.1 Å². The molecule has 1 unspecified atom stereocenters. The van der Waals surface area contributed by atoms with E-state index in [-0.39, 0.29) is 28.0 Å². The topological polar surface area (TPSA) is 71.5 Å². The Labute approximate surface area is 138 Å². The van der Waals surface area contributed by atoms with Crippen molar-refractivity contribution >= 4 is 47.4 Å². The minimum absolute atomic E-state index is 0.00138. The smallest absolute Gasteiger partial charge is 0.229 e. The van der Waals surface area contributed by atoms with Crippen LogP contribution in [0.4, 0.5) is 0 Å². The normalized spacial score (nSPS) is 21.8. The molecular weight excluding hydrogens is 402 g/mol. The quantitative estimate of drug-likeness (QED) is 0.755. The molecule has 1 aliphatic heterocycles. The lowest BCUT2D eigenvalue weighted by Crippen LogP contribution is -2.41. The van der Waals surface area contributed by atoms with E-state index in [0.717, 1.165) is 0 Å². The highest BCUT2D eigenvalue weighted by molar-refractivity contribution is 9.10. The maximum absolute atomic E-state index is 12.7. The Hall–Kier alpha value is -0.150. The fraction of sp³-hybridized carbons (Fsp3) is 0.500. The van der Waals surface area contributed by atoms with Crippen LogP contribution in [0.2, 0.25) is 5.02 Å². The molecule has 1 aliphatic rings. The van der Waals surface area contributed by atoms with Crippen molar-refractivity contribution in [3.63, 3.8) is 0 Å². The Kier molecular flexibility index (Phi) is 5.04. The van der Waals surface area contributed by atoms with Gasteiger partial charge in [0.25, 0.3) is 0 Å². The summed E-state index contributed by atoms with van der Waals surface area (Å²) < 4.78 is 50.5. The summed E-state index contributed by atoms with van der Waals surface area (Å²) in [4.78, 5) is -0.00138. The molecule has 0 radical (unpaired) electrons. The van der Waals surface area contributed by atoms with E-state index in [4.69, 9.17) is 11.6 Å². The number of nitrogens with zero attached hydrogens (tertiary/aromatic N) is 1. The number of sulfone groups is 1. The van der Waals surface area contributed by atoms with Gasteiger partial charge in [0.2, 0.25) is 10.0 Å². The summed E-state index contributed by atoms with van der Waals surface area (Å²) in [5.41, 5.74) is 0. The lowest BCUT2D eigenvalue weighted by molar-refractivity contribution is 0.354. The van der Waals surface area contributed by atoms with Crippen LogP contribution in [0.5, 0.6) is 0 Å². The maximum Gasteiger partial charge on any atom is 0.244 e. The first kappa shape index (κ1) is 17.2. The van der Waals surface area contributed by atoms with Crippen molar-refractivity contribution in [2.45, 2.75) is 24.3 Å². The molecule has 1 aromatic carbocycles. The summed E-state index contributed by atoms with van der Waals surface area (Å²) >= 11 is 9.25. The summed E-state index contributed by atoms with van der Waals surface area (Å²) in [6, 6.07) is 4.00. The van der Waals surface area contributed by atoms with Gasteiger partial charge in [0, 0.05) is 17.1 Å². The van der Waals surface area contributed by atoms with E-state index >= 15 is 0 Å². The van der Waals surface area contributed by atoms with Crippen LogP contribution >= 0.6 is 27.5 Å². The second-order valence-electron chi connectivity index (χ2n) is 4.84. The lowest BCUT2D eigenvalue weighted by Gasteiger charge is -2.26. The standard InChI is InChI=1S/C12H15BrClNO4S2/c1-2-15(10-5-6-20(16,17)8-10)21(18,19)12-4-3-9(13)7-11(12)14/h3-4,7,10H,2,5-6,8H2,1H3. The van der Waals surface area contributed by atoms with Gasteiger partial charge < -0.3 is 0 Å². The van der Waals surface area contributed by atoms with Gasteiger partial charge >= 0.3 is 0 Å². The van der Waals surface area contributed by atoms with Gasteiger partial charge in [-0.3, -0.25) is 0 Å². The molecule has 9 heteroatoms. The van der Waals surface area contributed by atoms with Crippen LogP contribution in [-0.4, -0.2) is 45.2 Å². The number of sulfonamides is 1. The third-order valence-electron chi connectivity index (χ3n) is 3.41. The van der Waals surface area contributed by atoms with Crippen molar-refractivity contribution in [3.8, 4) is 0 Å². The summed E-state index contributed by atoms with van der Waals surface area (Å²) in [6.45, 7) is 1.89. The van der Waals surface area contributed by atoms with Crippen LogP contribution in [0.25, 0.3) is 0 Å². The number of halogens is 2. The van der Waals surface area contributed by atoms with Gasteiger partial charge in [0.1, 0.15) is 4.90 Å². The van der Waals surface area contributed by atoms with Crippen LogP contribution < -0.4 is 0 Å². The number of hydrogen-bond acceptors (Lipinski definition) is 4. The fourth-order valence-electron chi connectivity index (χ4n) is 2.44. The van der Waals surface area contributed by atoms with Crippen LogP contribution in [0, 0.1) is 0 Å².